The molecule has 3 fully saturated rings. The van der Waals surface area contributed by atoms with E-state index in [0.29, 0.717) is 34.8 Å². The first kappa shape index (κ1) is 26.1. The topological polar surface area (TPSA) is 151 Å². The van der Waals surface area contributed by atoms with E-state index in [4.69, 9.17) is 10.5 Å². The summed E-state index contributed by atoms with van der Waals surface area (Å²) in [6.07, 6.45) is 1.65. The Morgan fingerprint density at radius 1 is 1.13 bits per heavy atom. The maximum absolute atomic E-state index is 14.0. The number of carbonyl (C=O) groups excluding carboxylic acids is 1. The molecule has 6 rings (SSSR count). The number of aryl methyl sites for hydroxylation is 1. The molecule has 4 N–H and O–H groups in total. The van der Waals surface area contributed by atoms with Crippen molar-refractivity contribution < 1.29 is 19.7 Å². The monoisotopic (exact) mass is 539 g/mol. The van der Waals surface area contributed by atoms with Gasteiger partial charge in [-0.05, 0) is 46.1 Å². The number of aliphatic hydroxyl groups is 2. The number of carbonyl (C=O) groups is 1. The van der Waals surface area contributed by atoms with Gasteiger partial charge >= 0.3 is 0 Å². The van der Waals surface area contributed by atoms with Gasteiger partial charge in [-0.3, -0.25) is 9.48 Å². The van der Waals surface area contributed by atoms with Crippen molar-refractivity contribution in [2.24, 2.45) is 13.0 Å². The lowest BCUT2D eigenvalue weighted by molar-refractivity contribution is -0.153. The molecular weight excluding hydrogens is 502 g/mol. The van der Waals surface area contributed by atoms with Gasteiger partial charge in [0, 0.05) is 56.6 Å². The molecule has 210 valence electrons. The predicted molar refractivity (Wildman–Crippen MR) is 143 cm³/mol. The number of hydrogen-bond donors (Lipinski definition) is 3. The van der Waals surface area contributed by atoms with Crippen LogP contribution in [0.3, 0.4) is 0 Å². The van der Waals surface area contributed by atoms with Crippen molar-refractivity contribution in [2.45, 2.75) is 43.4 Å². The molecule has 0 spiro atoms. The second-order valence-electron chi connectivity index (χ2n) is 11.3. The average Bonchev–Trinajstić information content (AvgIpc) is 3.58. The fourth-order valence-electron chi connectivity index (χ4n) is 6.26. The zero-order chi connectivity index (χ0) is 27.4. The fourth-order valence-corrected chi connectivity index (χ4v) is 6.26. The van der Waals surface area contributed by atoms with E-state index in [2.05, 4.69) is 39.0 Å². The number of amides is 1. The zero-order valence-electron chi connectivity index (χ0n) is 22.6. The average molecular weight is 540 g/mol. The van der Waals surface area contributed by atoms with Crippen LogP contribution in [0.5, 0.6) is 0 Å². The number of ether oxygens (including phenoxy) is 1. The lowest BCUT2D eigenvalue weighted by Gasteiger charge is -2.44. The van der Waals surface area contributed by atoms with Crippen molar-refractivity contribution in [3.8, 4) is 11.3 Å². The molecule has 6 heterocycles. The number of aliphatic hydroxyl groups excluding tert-OH is 2. The van der Waals surface area contributed by atoms with Crippen LogP contribution >= 0.6 is 0 Å². The first-order valence-corrected chi connectivity index (χ1v) is 13.5. The number of nitrogens with two attached hydrogens (primary N) is 1. The number of anilines is 1. The van der Waals surface area contributed by atoms with Crippen LogP contribution in [-0.2, 0) is 16.6 Å². The molecule has 4 atom stereocenters. The standard InChI is InChI=1S/C26H37N9O4/c1-31-7-4-16(5-8-31)34(12-15-10-32(2)11-15)25(38)22-20(36)21(37)26(39-22)35-13-17(18-6-9-33(3)30-18)19-23(27)28-14-29-24(19)35/h6,9,13-16,20-22,26,36-37H,4-5,7-8,10-12H2,1-3H3,(H2,27,28,29)/t20-,21+,22-,26+/m0/s1. The summed E-state index contributed by atoms with van der Waals surface area (Å²) < 4.78 is 9.51. The minimum atomic E-state index is -1.39. The van der Waals surface area contributed by atoms with Crippen molar-refractivity contribution in [3.63, 3.8) is 0 Å². The lowest BCUT2D eigenvalue weighted by atomic mass is 9.96. The van der Waals surface area contributed by atoms with E-state index < -0.39 is 24.5 Å². The van der Waals surface area contributed by atoms with Gasteiger partial charge in [-0.15, -0.1) is 0 Å². The normalized spacial score (nSPS) is 27.3. The summed E-state index contributed by atoms with van der Waals surface area (Å²) in [7, 11) is 5.97. The maximum Gasteiger partial charge on any atom is 0.254 e. The molecule has 3 saturated heterocycles. The van der Waals surface area contributed by atoms with Crippen molar-refractivity contribution in [3.05, 3.63) is 24.8 Å². The Labute approximate surface area is 226 Å². The number of piperidine rings is 1. The summed E-state index contributed by atoms with van der Waals surface area (Å²) >= 11 is 0. The Hall–Kier alpha value is -3.10. The van der Waals surface area contributed by atoms with Gasteiger partial charge in [-0.2, -0.15) is 5.10 Å². The van der Waals surface area contributed by atoms with Crippen LogP contribution in [0.4, 0.5) is 5.82 Å². The van der Waals surface area contributed by atoms with Crippen LogP contribution in [-0.4, -0.2) is 126 Å². The molecule has 3 aliphatic rings. The lowest BCUT2D eigenvalue weighted by Crippen LogP contribution is -2.57. The second-order valence-corrected chi connectivity index (χ2v) is 11.3. The van der Waals surface area contributed by atoms with E-state index in [-0.39, 0.29) is 17.8 Å². The molecule has 0 unspecified atom stereocenters. The fraction of sp³-hybridized carbons (Fsp3) is 0.615. The first-order valence-electron chi connectivity index (χ1n) is 13.5. The summed E-state index contributed by atoms with van der Waals surface area (Å²) in [6.45, 7) is 4.30. The molecule has 0 radical (unpaired) electrons. The Bertz CT molecular complexity index is 1340. The van der Waals surface area contributed by atoms with E-state index in [0.717, 1.165) is 39.0 Å². The Kier molecular flexibility index (Phi) is 6.79. The Balaban J connectivity index is 1.30. The van der Waals surface area contributed by atoms with Crippen LogP contribution in [0.1, 0.15) is 19.1 Å². The molecule has 39 heavy (non-hydrogen) atoms. The molecule has 13 heteroatoms. The van der Waals surface area contributed by atoms with Crippen molar-refractivity contribution in [1.29, 1.82) is 0 Å². The number of nitrogens with zero attached hydrogens (tertiary/aromatic N) is 8. The molecular formula is C26H37N9O4. The molecule has 0 aromatic carbocycles. The minimum absolute atomic E-state index is 0.0716. The van der Waals surface area contributed by atoms with E-state index >= 15 is 0 Å². The van der Waals surface area contributed by atoms with Crippen molar-refractivity contribution in [2.75, 3.05) is 52.6 Å². The molecule has 1 amide bonds. The second kappa shape index (κ2) is 10.1. The van der Waals surface area contributed by atoms with Crippen LogP contribution in [0.2, 0.25) is 0 Å². The van der Waals surface area contributed by atoms with Crippen LogP contribution in [0.25, 0.3) is 22.3 Å². The molecule has 3 aromatic heterocycles. The van der Waals surface area contributed by atoms with Gasteiger partial charge in [0.2, 0.25) is 0 Å². The molecule has 13 nitrogen and oxygen atoms in total. The maximum atomic E-state index is 14.0. The predicted octanol–water partition coefficient (Wildman–Crippen LogP) is -0.482. The van der Waals surface area contributed by atoms with E-state index in [9.17, 15) is 15.0 Å². The number of hydrogen-bond acceptors (Lipinski definition) is 10. The van der Waals surface area contributed by atoms with Gasteiger partial charge in [0.15, 0.2) is 12.3 Å². The highest BCUT2D eigenvalue weighted by Gasteiger charge is 2.50. The smallest absolute Gasteiger partial charge is 0.254 e. The first-order chi connectivity index (χ1) is 18.7. The van der Waals surface area contributed by atoms with Crippen molar-refractivity contribution >= 4 is 22.8 Å². The molecule has 0 aliphatic carbocycles. The Morgan fingerprint density at radius 2 is 1.87 bits per heavy atom. The summed E-state index contributed by atoms with van der Waals surface area (Å²) in [6, 6.07) is 1.91. The van der Waals surface area contributed by atoms with Gasteiger partial charge in [-0.1, -0.05) is 0 Å². The number of likely N-dealkylation sites (tertiary alicyclic amines) is 2. The van der Waals surface area contributed by atoms with Crippen LogP contribution < -0.4 is 5.73 Å². The molecule has 0 saturated carbocycles. The Morgan fingerprint density at radius 3 is 2.54 bits per heavy atom. The van der Waals surface area contributed by atoms with Crippen molar-refractivity contribution in [1.82, 2.24) is 39.0 Å². The highest BCUT2D eigenvalue weighted by molar-refractivity contribution is 5.99. The van der Waals surface area contributed by atoms with Gasteiger partial charge in [0.05, 0.1) is 11.1 Å². The molecule has 3 aromatic rings. The van der Waals surface area contributed by atoms with Gasteiger partial charge in [0.25, 0.3) is 5.91 Å². The highest BCUT2D eigenvalue weighted by atomic mass is 16.6. The summed E-state index contributed by atoms with van der Waals surface area (Å²) in [5.41, 5.74) is 7.99. The van der Waals surface area contributed by atoms with E-state index in [1.807, 2.05) is 24.2 Å². The highest BCUT2D eigenvalue weighted by Crippen LogP contribution is 2.38. The largest absolute Gasteiger partial charge is 0.387 e. The molecule has 0 bridgehead atoms. The van der Waals surface area contributed by atoms with Gasteiger partial charge in [-0.25, -0.2) is 9.97 Å². The van der Waals surface area contributed by atoms with E-state index in [1.165, 1.54) is 6.33 Å². The summed E-state index contributed by atoms with van der Waals surface area (Å²) in [4.78, 5) is 28.9. The SMILES string of the molecule is CN1CCC(N(CC2CN(C)C2)C(=O)[C@H]2O[C@@H](n3cc(-c4ccn(C)n4)c4c(N)ncnc43)[C@H](O)[C@@H]2O)CC1. The summed E-state index contributed by atoms with van der Waals surface area (Å²) in [5, 5.41) is 27.3. The van der Waals surface area contributed by atoms with Crippen LogP contribution in [0.15, 0.2) is 24.8 Å². The van der Waals surface area contributed by atoms with E-state index in [1.54, 1.807) is 15.4 Å². The number of rotatable bonds is 6. The third kappa shape index (κ3) is 4.67. The number of fused-ring (bicyclic) bond motifs is 1. The third-order valence-electron chi connectivity index (χ3n) is 8.39. The zero-order valence-corrected chi connectivity index (χ0v) is 22.6. The minimum Gasteiger partial charge on any atom is -0.387 e. The number of aromatic nitrogens is 5. The van der Waals surface area contributed by atoms with Gasteiger partial charge < -0.3 is 40.0 Å². The number of nitrogen functional groups attached to an aromatic ring is 1. The summed E-state index contributed by atoms with van der Waals surface area (Å²) in [5.74, 6) is 0.370. The van der Waals surface area contributed by atoms with Crippen LogP contribution in [0, 0.1) is 5.92 Å². The third-order valence-corrected chi connectivity index (χ3v) is 8.39. The molecule has 3 aliphatic heterocycles. The quantitative estimate of drug-likeness (QED) is 0.375. The van der Waals surface area contributed by atoms with Gasteiger partial charge in [0.1, 0.15) is 30.0 Å².